The number of ether oxygens (including phenoxy) is 1. The van der Waals surface area contributed by atoms with E-state index < -0.39 is 0 Å². The van der Waals surface area contributed by atoms with E-state index in [4.69, 9.17) is 4.74 Å². The van der Waals surface area contributed by atoms with Crippen LogP contribution in [0, 0.1) is 6.92 Å². The normalized spacial score (nSPS) is 22.2. The maximum absolute atomic E-state index is 13.0. The van der Waals surface area contributed by atoms with E-state index in [1.165, 1.54) is 0 Å². The van der Waals surface area contributed by atoms with Gasteiger partial charge in [-0.25, -0.2) is 9.78 Å². The summed E-state index contributed by atoms with van der Waals surface area (Å²) in [6.45, 7) is 2.49. The molecule has 0 saturated heterocycles. The standard InChI is InChI=1S/C21H27N5O2/c1-14-6-4-5-7-18(14)26-13-15-12-22-20(24-19(15)25(2)21(26)27)23-16-8-10-17(28-3)11-9-16/h4-7,12,16-17H,8-11,13H2,1-3H3,(H,22,23,24). The molecule has 0 atom stereocenters. The molecule has 2 heterocycles. The number of hydrogen-bond acceptors (Lipinski definition) is 5. The Bertz CT molecular complexity index is 864. The van der Waals surface area contributed by atoms with Gasteiger partial charge in [-0.2, -0.15) is 4.98 Å². The van der Waals surface area contributed by atoms with Crippen LogP contribution in [0.5, 0.6) is 0 Å². The Labute approximate surface area is 165 Å². The van der Waals surface area contributed by atoms with E-state index in [1.807, 2.05) is 37.4 Å². The van der Waals surface area contributed by atoms with Gasteiger partial charge in [0.1, 0.15) is 5.82 Å². The molecule has 7 heteroatoms. The summed E-state index contributed by atoms with van der Waals surface area (Å²) in [5.41, 5.74) is 2.93. The fourth-order valence-corrected chi connectivity index (χ4v) is 4.06. The Hall–Kier alpha value is -2.67. The average Bonchev–Trinajstić information content (AvgIpc) is 2.72. The number of anilines is 3. The molecule has 1 fully saturated rings. The third-order valence-corrected chi connectivity index (χ3v) is 5.75. The molecule has 28 heavy (non-hydrogen) atoms. The van der Waals surface area contributed by atoms with E-state index in [1.54, 1.807) is 24.0 Å². The highest BCUT2D eigenvalue weighted by Crippen LogP contribution is 2.32. The van der Waals surface area contributed by atoms with Gasteiger partial charge >= 0.3 is 6.03 Å². The van der Waals surface area contributed by atoms with Crippen LogP contribution >= 0.6 is 0 Å². The van der Waals surface area contributed by atoms with E-state index in [2.05, 4.69) is 15.3 Å². The number of nitrogens with one attached hydrogen (secondary N) is 1. The summed E-state index contributed by atoms with van der Waals surface area (Å²) in [5.74, 6) is 1.27. The minimum Gasteiger partial charge on any atom is -0.381 e. The maximum Gasteiger partial charge on any atom is 0.330 e. The number of aryl methyl sites for hydroxylation is 1. The first kappa shape index (κ1) is 18.7. The van der Waals surface area contributed by atoms with Crippen LogP contribution in [-0.4, -0.2) is 42.3 Å². The molecule has 148 valence electrons. The van der Waals surface area contributed by atoms with E-state index >= 15 is 0 Å². The van der Waals surface area contributed by atoms with E-state index in [0.717, 1.165) is 42.5 Å². The Morgan fingerprint density at radius 1 is 1.18 bits per heavy atom. The first-order valence-corrected chi connectivity index (χ1v) is 9.83. The fourth-order valence-electron chi connectivity index (χ4n) is 4.06. The van der Waals surface area contributed by atoms with E-state index in [-0.39, 0.29) is 6.03 Å². The van der Waals surface area contributed by atoms with Crippen molar-refractivity contribution in [3.63, 3.8) is 0 Å². The van der Waals surface area contributed by atoms with E-state index in [0.29, 0.717) is 30.5 Å². The smallest absolute Gasteiger partial charge is 0.330 e. The molecule has 2 aliphatic rings. The van der Waals surface area contributed by atoms with Gasteiger partial charge in [0, 0.05) is 37.6 Å². The van der Waals surface area contributed by atoms with Crippen LogP contribution < -0.4 is 15.1 Å². The Balaban J connectivity index is 1.52. The van der Waals surface area contributed by atoms with Crippen LogP contribution in [0.2, 0.25) is 0 Å². The lowest BCUT2D eigenvalue weighted by Crippen LogP contribution is -2.46. The summed E-state index contributed by atoms with van der Waals surface area (Å²) < 4.78 is 5.44. The molecule has 4 rings (SSSR count). The second kappa shape index (κ2) is 7.75. The highest BCUT2D eigenvalue weighted by atomic mass is 16.5. The summed E-state index contributed by atoms with van der Waals surface area (Å²) in [6.07, 6.45) is 6.35. The number of carbonyl (C=O) groups excluding carboxylic acids is 1. The van der Waals surface area contributed by atoms with Crippen molar-refractivity contribution in [3.05, 3.63) is 41.6 Å². The van der Waals surface area contributed by atoms with Gasteiger partial charge in [0.25, 0.3) is 0 Å². The average molecular weight is 381 g/mol. The first-order valence-electron chi connectivity index (χ1n) is 9.83. The van der Waals surface area contributed by atoms with Crippen molar-refractivity contribution in [2.24, 2.45) is 0 Å². The molecular weight excluding hydrogens is 354 g/mol. The Morgan fingerprint density at radius 3 is 2.64 bits per heavy atom. The maximum atomic E-state index is 13.0. The molecule has 1 N–H and O–H groups in total. The second-order valence-corrected chi connectivity index (χ2v) is 7.61. The van der Waals surface area contributed by atoms with Crippen LogP contribution in [0.15, 0.2) is 30.5 Å². The van der Waals surface area contributed by atoms with Crippen molar-refractivity contribution in [2.75, 3.05) is 29.3 Å². The monoisotopic (exact) mass is 381 g/mol. The first-order chi connectivity index (χ1) is 13.6. The van der Waals surface area contributed by atoms with Gasteiger partial charge in [-0.15, -0.1) is 0 Å². The molecule has 0 unspecified atom stereocenters. The summed E-state index contributed by atoms with van der Waals surface area (Å²) in [6, 6.07) is 8.18. The molecular formula is C21H27N5O2. The largest absolute Gasteiger partial charge is 0.381 e. The zero-order chi connectivity index (χ0) is 19.7. The summed E-state index contributed by atoms with van der Waals surface area (Å²) in [4.78, 5) is 25.5. The van der Waals surface area contributed by atoms with Gasteiger partial charge < -0.3 is 10.1 Å². The molecule has 2 aromatic rings. The number of para-hydroxylation sites is 1. The number of nitrogens with zero attached hydrogens (tertiary/aromatic N) is 4. The molecule has 0 radical (unpaired) electrons. The molecule has 7 nitrogen and oxygen atoms in total. The van der Waals surface area contributed by atoms with Crippen LogP contribution in [0.3, 0.4) is 0 Å². The zero-order valence-corrected chi connectivity index (χ0v) is 16.7. The van der Waals surface area contributed by atoms with Gasteiger partial charge in [-0.1, -0.05) is 18.2 Å². The summed E-state index contributed by atoms with van der Waals surface area (Å²) >= 11 is 0. The number of urea groups is 1. The Morgan fingerprint density at radius 2 is 1.93 bits per heavy atom. The van der Waals surface area contributed by atoms with Crippen LogP contribution in [0.4, 0.5) is 22.2 Å². The summed E-state index contributed by atoms with van der Waals surface area (Å²) in [7, 11) is 3.55. The number of methoxy groups -OCH3 is 1. The minimum absolute atomic E-state index is 0.0768. The number of benzene rings is 1. The number of fused-ring (bicyclic) bond motifs is 1. The third-order valence-electron chi connectivity index (χ3n) is 5.75. The van der Waals surface area contributed by atoms with Crippen molar-refractivity contribution >= 4 is 23.5 Å². The van der Waals surface area contributed by atoms with Gasteiger partial charge in [0.15, 0.2) is 0 Å². The van der Waals surface area contributed by atoms with Gasteiger partial charge in [0.2, 0.25) is 5.95 Å². The SMILES string of the molecule is COC1CCC(Nc2ncc3c(n2)N(C)C(=O)N(c2ccccc2C)C3)CC1. The molecule has 0 bridgehead atoms. The third kappa shape index (κ3) is 3.54. The minimum atomic E-state index is -0.0768. The van der Waals surface area contributed by atoms with Crippen molar-refractivity contribution in [1.82, 2.24) is 9.97 Å². The second-order valence-electron chi connectivity index (χ2n) is 7.61. The lowest BCUT2D eigenvalue weighted by atomic mass is 9.93. The number of hydrogen-bond donors (Lipinski definition) is 1. The molecule has 1 aliphatic carbocycles. The van der Waals surface area contributed by atoms with Crippen LogP contribution in [0.25, 0.3) is 0 Å². The lowest BCUT2D eigenvalue weighted by molar-refractivity contribution is 0.0681. The quantitative estimate of drug-likeness (QED) is 0.874. The van der Waals surface area contributed by atoms with Gasteiger partial charge in [-0.05, 0) is 44.2 Å². The van der Waals surface area contributed by atoms with Gasteiger partial charge in [-0.3, -0.25) is 9.80 Å². The van der Waals surface area contributed by atoms with Crippen LogP contribution in [0.1, 0.15) is 36.8 Å². The Kier molecular flexibility index (Phi) is 5.17. The van der Waals surface area contributed by atoms with Crippen molar-refractivity contribution in [1.29, 1.82) is 0 Å². The highest BCUT2D eigenvalue weighted by Gasteiger charge is 2.31. The van der Waals surface area contributed by atoms with Gasteiger partial charge in [0.05, 0.1) is 12.6 Å². The molecule has 1 aromatic heterocycles. The molecule has 1 saturated carbocycles. The predicted molar refractivity (Wildman–Crippen MR) is 110 cm³/mol. The van der Waals surface area contributed by atoms with Crippen molar-refractivity contribution in [2.45, 2.75) is 51.3 Å². The number of aromatic nitrogens is 2. The topological polar surface area (TPSA) is 70.6 Å². The highest BCUT2D eigenvalue weighted by molar-refractivity contribution is 6.05. The number of rotatable bonds is 4. The fraction of sp³-hybridized carbons (Fsp3) is 0.476. The molecule has 0 spiro atoms. The molecule has 2 amide bonds. The van der Waals surface area contributed by atoms with E-state index in [9.17, 15) is 4.79 Å². The van der Waals surface area contributed by atoms with Crippen molar-refractivity contribution in [3.8, 4) is 0 Å². The molecule has 1 aliphatic heterocycles. The number of amides is 2. The van der Waals surface area contributed by atoms with Crippen LogP contribution in [-0.2, 0) is 11.3 Å². The number of carbonyl (C=O) groups is 1. The summed E-state index contributed by atoms with van der Waals surface area (Å²) in [5, 5.41) is 3.43. The predicted octanol–water partition coefficient (Wildman–Crippen LogP) is 3.73. The lowest BCUT2D eigenvalue weighted by Gasteiger charge is -2.35. The molecule has 1 aromatic carbocycles. The zero-order valence-electron chi connectivity index (χ0n) is 16.7. The van der Waals surface area contributed by atoms with Crippen molar-refractivity contribution < 1.29 is 9.53 Å².